The van der Waals surface area contributed by atoms with Gasteiger partial charge in [0.25, 0.3) is 0 Å². The van der Waals surface area contributed by atoms with Crippen molar-refractivity contribution >= 4 is 0 Å². The highest BCUT2D eigenvalue weighted by Gasteiger charge is 2.59. The van der Waals surface area contributed by atoms with Gasteiger partial charge in [-0.3, -0.25) is 42.5 Å². The Hall–Kier alpha value is -0.320. The Labute approximate surface area is 316 Å². The van der Waals surface area contributed by atoms with Crippen LogP contribution in [0.15, 0.2) is 0 Å². The Bertz CT molecular complexity index is 1200. The molecule has 8 heteroatoms. The summed E-state index contributed by atoms with van der Waals surface area (Å²) in [6, 6.07) is 0. The molecular formula is C44H76N8. The van der Waals surface area contributed by atoms with Crippen molar-refractivity contribution in [3.05, 3.63) is 0 Å². The summed E-state index contributed by atoms with van der Waals surface area (Å²) in [6.07, 6.45) is 26.0. The van der Waals surface area contributed by atoms with Crippen LogP contribution in [-0.2, 0) is 0 Å². The van der Waals surface area contributed by atoms with Gasteiger partial charge in [0.2, 0.25) is 0 Å². The van der Waals surface area contributed by atoms with E-state index in [0.29, 0.717) is 73.0 Å². The second-order valence-electron chi connectivity index (χ2n) is 21.7. The molecular weight excluding hydrogens is 641 g/mol. The molecule has 0 aromatic heterocycles. The summed E-state index contributed by atoms with van der Waals surface area (Å²) in [5.41, 5.74) is 0. The van der Waals surface area contributed by atoms with Crippen LogP contribution in [0, 0.1) is 94.7 Å². The zero-order valence-electron chi connectivity index (χ0n) is 33.2. The molecule has 0 aromatic rings. The first-order valence-electron chi connectivity index (χ1n) is 23.5. The number of hydrogen-bond donors (Lipinski definition) is 8. The van der Waals surface area contributed by atoms with Gasteiger partial charge in [-0.2, -0.15) is 0 Å². The van der Waals surface area contributed by atoms with Gasteiger partial charge in [-0.05, 0) is 120 Å². The predicted molar refractivity (Wildman–Crippen MR) is 208 cm³/mol. The lowest BCUT2D eigenvalue weighted by molar-refractivity contribution is 0.0536. The lowest BCUT2D eigenvalue weighted by Crippen LogP contribution is -2.62. The molecule has 11 fully saturated rings. The van der Waals surface area contributed by atoms with Crippen molar-refractivity contribution < 1.29 is 0 Å². The second kappa shape index (κ2) is 13.7. The zero-order valence-corrected chi connectivity index (χ0v) is 33.2. The Morgan fingerprint density at radius 3 is 0.731 bits per heavy atom. The largest absolute Gasteiger partial charge is 0.286 e. The maximum atomic E-state index is 4.48. The van der Waals surface area contributed by atoms with Crippen molar-refractivity contribution in [3.8, 4) is 0 Å². The van der Waals surface area contributed by atoms with Crippen molar-refractivity contribution in [2.45, 2.75) is 180 Å². The molecule has 5 aliphatic heterocycles. The lowest BCUT2D eigenvalue weighted by atomic mass is 9.62. The Kier molecular flexibility index (Phi) is 9.17. The van der Waals surface area contributed by atoms with Crippen LogP contribution in [0.2, 0.25) is 0 Å². The normalized spacial score (nSPS) is 61.2. The van der Waals surface area contributed by atoms with Gasteiger partial charge in [0.05, 0.1) is 49.3 Å². The third-order valence-electron chi connectivity index (χ3n) is 19.3. The highest BCUT2D eigenvalue weighted by molar-refractivity contribution is 5.11. The third kappa shape index (κ3) is 5.70. The highest BCUT2D eigenvalue weighted by Crippen LogP contribution is 2.54. The highest BCUT2D eigenvalue weighted by atomic mass is 15.4. The fourth-order valence-corrected chi connectivity index (χ4v) is 16.8. The first kappa shape index (κ1) is 34.9. The summed E-state index contributed by atoms with van der Waals surface area (Å²) >= 11 is 0. The molecule has 0 radical (unpaired) electrons. The molecule has 6 aliphatic carbocycles. The molecule has 292 valence electrons. The third-order valence-corrected chi connectivity index (χ3v) is 19.3. The Morgan fingerprint density at radius 1 is 0.269 bits per heavy atom. The Balaban J connectivity index is 0.966. The van der Waals surface area contributed by atoms with E-state index in [4.69, 9.17) is 0 Å². The molecule has 5 saturated heterocycles. The van der Waals surface area contributed by atoms with Crippen LogP contribution in [0.3, 0.4) is 0 Å². The lowest BCUT2D eigenvalue weighted by Gasteiger charge is -2.45. The van der Waals surface area contributed by atoms with Gasteiger partial charge in [0.15, 0.2) is 0 Å². The van der Waals surface area contributed by atoms with E-state index in [1.54, 1.807) is 0 Å². The predicted octanol–water partition coefficient (Wildman–Crippen LogP) is 5.64. The van der Waals surface area contributed by atoms with E-state index in [2.05, 4.69) is 70.2 Å². The average Bonchev–Trinajstić information content (AvgIpc) is 3.89. The number of nitrogens with one attached hydrogen (secondary N) is 8. The van der Waals surface area contributed by atoms with Crippen molar-refractivity contribution in [1.29, 1.82) is 0 Å². The van der Waals surface area contributed by atoms with E-state index >= 15 is 0 Å². The van der Waals surface area contributed by atoms with E-state index in [0.717, 1.165) is 71.0 Å². The first-order valence-corrected chi connectivity index (χ1v) is 23.5. The molecule has 0 spiro atoms. The minimum absolute atomic E-state index is 0.356. The first-order chi connectivity index (χ1) is 25.4. The van der Waals surface area contributed by atoms with Crippen LogP contribution in [0.1, 0.15) is 130 Å². The van der Waals surface area contributed by atoms with Gasteiger partial charge in [-0.15, -0.1) is 0 Å². The van der Waals surface area contributed by atoms with Gasteiger partial charge < -0.3 is 0 Å². The van der Waals surface area contributed by atoms with Crippen molar-refractivity contribution in [2.75, 3.05) is 0 Å². The van der Waals surface area contributed by atoms with E-state index < -0.39 is 0 Å². The zero-order chi connectivity index (χ0) is 34.8. The summed E-state index contributed by atoms with van der Waals surface area (Å²) in [6.45, 7) is 10.3. The molecule has 52 heavy (non-hydrogen) atoms. The average molecular weight is 717 g/mol. The maximum Gasteiger partial charge on any atom is 0.0631 e. The van der Waals surface area contributed by atoms with Crippen LogP contribution in [0.5, 0.6) is 0 Å². The molecule has 8 nitrogen and oxygen atoms in total. The molecule has 8 bridgehead atoms. The minimum atomic E-state index is 0.356. The molecule has 5 heterocycles. The second-order valence-corrected chi connectivity index (χ2v) is 21.7. The standard InChI is InChI=1S/C44H76N8/c1-21-13-15-23(3)35-33(21)41-48-39-31-19-27-11-7-5-9-25(27)17-29(31)37(46-39)45-38-30-18-26-10-6-8-12-28(26)20-32(30)40(47-38)49-42-34-22(2)14-16-24(4)36(34)44(51-42)52-43(35)50-41/h21-52H,5-20H2,1-4H3. The number of hydrogen-bond acceptors (Lipinski definition) is 8. The smallest absolute Gasteiger partial charge is 0.0631 e. The van der Waals surface area contributed by atoms with Crippen LogP contribution in [0.4, 0.5) is 0 Å². The minimum Gasteiger partial charge on any atom is -0.286 e. The van der Waals surface area contributed by atoms with Gasteiger partial charge >= 0.3 is 0 Å². The molecule has 0 amide bonds. The molecule has 0 aromatic carbocycles. The Morgan fingerprint density at radius 2 is 0.481 bits per heavy atom. The van der Waals surface area contributed by atoms with Gasteiger partial charge in [0, 0.05) is 0 Å². The summed E-state index contributed by atoms with van der Waals surface area (Å²) in [7, 11) is 0. The van der Waals surface area contributed by atoms with Crippen LogP contribution in [0.25, 0.3) is 0 Å². The van der Waals surface area contributed by atoms with Gasteiger partial charge in [0.1, 0.15) is 0 Å². The topological polar surface area (TPSA) is 96.2 Å². The van der Waals surface area contributed by atoms with Gasteiger partial charge in [-0.25, -0.2) is 0 Å². The summed E-state index contributed by atoms with van der Waals surface area (Å²) < 4.78 is 0. The quantitative estimate of drug-likeness (QED) is 0.163. The molecule has 8 N–H and O–H groups in total. The van der Waals surface area contributed by atoms with Crippen molar-refractivity contribution in [3.63, 3.8) is 0 Å². The van der Waals surface area contributed by atoms with E-state index in [1.165, 1.54) is 103 Å². The van der Waals surface area contributed by atoms with E-state index in [9.17, 15) is 0 Å². The molecule has 24 unspecified atom stereocenters. The molecule has 24 atom stereocenters. The van der Waals surface area contributed by atoms with Crippen molar-refractivity contribution in [2.24, 2.45) is 94.7 Å². The van der Waals surface area contributed by atoms with Crippen LogP contribution < -0.4 is 42.5 Å². The molecule has 11 aliphatic rings. The fourth-order valence-electron chi connectivity index (χ4n) is 16.8. The number of rotatable bonds is 0. The maximum absolute atomic E-state index is 4.48. The summed E-state index contributed by atoms with van der Waals surface area (Å²) in [5.74, 6) is 12.4. The van der Waals surface area contributed by atoms with Crippen LogP contribution in [-0.4, -0.2) is 49.3 Å². The van der Waals surface area contributed by atoms with E-state index in [1.807, 2.05) is 0 Å². The fraction of sp³-hybridized carbons (Fsp3) is 1.00. The summed E-state index contributed by atoms with van der Waals surface area (Å²) in [5, 5.41) is 35.3. The van der Waals surface area contributed by atoms with Gasteiger partial charge in [-0.1, -0.05) is 105 Å². The monoisotopic (exact) mass is 717 g/mol. The van der Waals surface area contributed by atoms with E-state index in [-0.39, 0.29) is 0 Å². The molecule has 6 saturated carbocycles. The number of fused-ring (bicyclic) bond motifs is 22. The summed E-state index contributed by atoms with van der Waals surface area (Å²) in [4.78, 5) is 0. The SMILES string of the molecule is CC1CCC(C)C2C3NC(NC4NC(NC5NC(NC6NC(N3)C3C(C)CCC(C)C63)C3CC6CCCCC6CC53)C3CC5CCCCC5CC43)C12. The molecule has 11 rings (SSSR count). The van der Waals surface area contributed by atoms with Crippen molar-refractivity contribution in [1.82, 2.24) is 42.5 Å². The van der Waals surface area contributed by atoms with Crippen LogP contribution >= 0.6 is 0 Å².